The number of amides is 2. The van der Waals surface area contributed by atoms with Gasteiger partial charge in [0.1, 0.15) is 22.2 Å². The van der Waals surface area contributed by atoms with Crippen LogP contribution in [-0.4, -0.2) is 35.8 Å². The van der Waals surface area contributed by atoms with Crippen molar-refractivity contribution < 1.29 is 32.2 Å². The lowest BCUT2D eigenvalue weighted by atomic mass is 9.87. The molecule has 1 fully saturated rings. The van der Waals surface area contributed by atoms with Crippen LogP contribution in [0.3, 0.4) is 0 Å². The van der Waals surface area contributed by atoms with Crippen LogP contribution in [0.25, 0.3) is 0 Å². The maximum absolute atomic E-state index is 12.4. The van der Waals surface area contributed by atoms with Crippen molar-refractivity contribution >= 4 is 23.2 Å². The Balaban J connectivity index is 1.39. The number of thiazole rings is 1. The van der Waals surface area contributed by atoms with Crippen LogP contribution in [0.4, 0.5) is 13.2 Å². The summed E-state index contributed by atoms with van der Waals surface area (Å²) < 4.78 is 45.5. The molecule has 0 aliphatic heterocycles. The van der Waals surface area contributed by atoms with Crippen LogP contribution in [0.2, 0.25) is 0 Å². The monoisotopic (exact) mass is 471 g/mol. The fourth-order valence-electron chi connectivity index (χ4n) is 3.27. The smallest absolute Gasteiger partial charge is 0.484 e. The molecule has 1 aromatic heterocycles. The Morgan fingerprint density at radius 1 is 1.12 bits per heavy atom. The minimum absolute atomic E-state index is 0.138. The zero-order chi connectivity index (χ0) is 23.1. The summed E-state index contributed by atoms with van der Waals surface area (Å²) in [6, 6.07) is 4.91. The topological polar surface area (TPSA) is 89.6 Å². The van der Waals surface area contributed by atoms with Crippen molar-refractivity contribution in [3.8, 4) is 11.5 Å². The van der Waals surface area contributed by atoms with Crippen LogP contribution >= 0.6 is 11.3 Å². The fourth-order valence-corrected chi connectivity index (χ4v) is 3.99. The molecule has 0 radical (unpaired) electrons. The highest BCUT2D eigenvalue weighted by atomic mass is 32.1. The first kappa shape index (κ1) is 23.8. The van der Waals surface area contributed by atoms with E-state index in [0.29, 0.717) is 16.6 Å². The number of nitrogens with zero attached hydrogens (tertiary/aromatic N) is 1. The first-order valence-corrected chi connectivity index (χ1v) is 11.1. The molecular formula is C21H24F3N3O4S. The number of halogens is 3. The molecule has 2 N–H and O–H groups in total. The van der Waals surface area contributed by atoms with Gasteiger partial charge in [-0.25, -0.2) is 4.98 Å². The number of nitrogens with one attached hydrogen (secondary N) is 2. The average Bonchev–Trinajstić information content (AvgIpc) is 3.21. The van der Waals surface area contributed by atoms with E-state index in [9.17, 15) is 22.8 Å². The summed E-state index contributed by atoms with van der Waals surface area (Å²) >= 11 is 1.27. The van der Waals surface area contributed by atoms with E-state index in [1.54, 1.807) is 5.38 Å². The third-order valence-corrected chi connectivity index (χ3v) is 5.85. The molecule has 7 nitrogen and oxygen atoms in total. The Morgan fingerprint density at radius 2 is 1.78 bits per heavy atom. The third-order valence-electron chi connectivity index (χ3n) is 5.00. The van der Waals surface area contributed by atoms with Crippen molar-refractivity contribution in [2.45, 2.75) is 51.6 Å². The van der Waals surface area contributed by atoms with Gasteiger partial charge < -0.3 is 20.1 Å². The van der Waals surface area contributed by atoms with Gasteiger partial charge in [0.2, 0.25) is 0 Å². The molecule has 2 aromatic rings. The summed E-state index contributed by atoms with van der Waals surface area (Å²) in [7, 11) is 0. The van der Waals surface area contributed by atoms with E-state index in [0.717, 1.165) is 37.8 Å². The lowest BCUT2D eigenvalue weighted by Crippen LogP contribution is -2.37. The van der Waals surface area contributed by atoms with Gasteiger partial charge in [-0.2, -0.15) is 0 Å². The Kier molecular flexibility index (Phi) is 7.94. The number of alkyl halides is 3. The molecule has 1 saturated carbocycles. The molecule has 1 aliphatic rings. The van der Waals surface area contributed by atoms with Gasteiger partial charge in [-0.05, 0) is 55.9 Å². The van der Waals surface area contributed by atoms with Gasteiger partial charge in [-0.15, -0.1) is 24.5 Å². The van der Waals surface area contributed by atoms with E-state index < -0.39 is 12.3 Å². The number of hydrogen-bond acceptors (Lipinski definition) is 6. The number of ether oxygens (including phenoxy) is 2. The van der Waals surface area contributed by atoms with Crippen LogP contribution in [0.1, 0.15) is 48.1 Å². The van der Waals surface area contributed by atoms with Crippen LogP contribution in [0.5, 0.6) is 11.5 Å². The maximum Gasteiger partial charge on any atom is 0.573 e. The van der Waals surface area contributed by atoms with Gasteiger partial charge in [-0.1, -0.05) is 6.92 Å². The van der Waals surface area contributed by atoms with Crippen LogP contribution in [0.15, 0.2) is 29.6 Å². The number of hydrogen-bond donors (Lipinski definition) is 2. The molecule has 0 saturated heterocycles. The highest BCUT2D eigenvalue weighted by Gasteiger charge is 2.31. The van der Waals surface area contributed by atoms with Crippen molar-refractivity contribution in [3.63, 3.8) is 0 Å². The summed E-state index contributed by atoms with van der Waals surface area (Å²) in [5.74, 6) is -0.0989. The Bertz CT molecular complexity index is 910. The molecule has 0 atom stereocenters. The highest BCUT2D eigenvalue weighted by Crippen LogP contribution is 2.25. The van der Waals surface area contributed by atoms with Crippen LogP contribution in [-0.2, 0) is 11.3 Å². The minimum atomic E-state index is -4.77. The molecule has 0 unspecified atom stereocenters. The van der Waals surface area contributed by atoms with Gasteiger partial charge in [0.05, 0.1) is 6.54 Å². The minimum Gasteiger partial charge on any atom is -0.484 e. The van der Waals surface area contributed by atoms with Crippen molar-refractivity contribution in [2.75, 3.05) is 6.61 Å². The van der Waals surface area contributed by atoms with Crippen LogP contribution < -0.4 is 20.1 Å². The van der Waals surface area contributed by atoms with Gasteiger partial charge in [0, 0.05) is 11.4 Å². The molecule has 0 spiro atoms. The second-order valence-electron chi connectivity index (χ2n) is 7.64. The van der Waals surface area contributed by atoms with Gasteiger partial charge in [0.25, 0.3) is 11.8 Å². The van der Waals surface area contributed by atoms with E-state index in [1.165, 1.54) is 23.5 Å². The van der Waals surface area contributed by atoms with Gasteiger partial charge in [-0.3, -0.25) is 9.59 Å². The molecule has 1 aromatic carbocycles. The molecule has 3 rings (SSSR count). The normalized spacial score (nSPS) is 18.6. The molecule has 1 aliphatic carbocycles. The molecular weight excluding hydrogens is 447 g/mol. The zero-order valence-corrected chi connectivity index (χ0v) is 18.2. The molecule has 32 heavy (non-hydrogen) atoms. The Hall–Kier alpha value is -2.82. The van der Waals surface area contributed by atoms with Crippen molar-refractivity contribution in [1.82, 2.24) is 15.6 Å². The highest BCUT2D eigenvalue weighted by molar-refractivity contribution is 7.09. The molecule has 1 heterocycles. The molecule has 2 amide bonds. The van der Waals surface area contributed by atoms with Gasteiger partial charge in [0.15, 0.2) is 6.61 Å². The summed E-state index contributed by atoms with van der Waals surface area (Å²) in [4.78, 5) is 28.6. The fraction of sp³-hybridized carbons (Fsp3) is 0.476. The second kappa shape index (κ2) is 10.7. The van der Waals surface area contributed by atoms with Crippen LogP contribution in [0, 0.1) is 5.92 Å². The number of benzene rings is 1. The van der Waals surface area contributed by atoms with E-state index in [4.69, 9.17) is 4.74 Å². The Morgan fingerprint density at radius 3 is 2.44 bits per heavy atom. The molecule has 11 heteroatoms. The predicted molar refractivity (Wildman–Crippen MR) is 111 cm³/mol. The van der Waals surface area contributed by atoms with E-state index in [2.05, 4.69) is 27.3 Å². The summed E-state index contributed by atoms with van der Waals surface area (Å²) in [6.07, 6.45) is -0.622. The third kappa shape index (κ3) is 7.70. The van der Waals surface area contributed by atoms with E-state index in [-0.39, 0.29) is 36.6 Å². The maximum atomic E-state index is 12.4. The SMILES string of the molecule is CC1CCC(NC(=O)c2csc(CNC(=O)COc3ccc(OC(F)(F)F)cc3)n2)CC1. The summed E-state index contributed by atoms with van der Waals surface area (Å²) in [5, 5.41) is 7.88. The van der Waals surface area contributed by atoms with Crippen molar-refractivity contribution in [2.24, 2.45) is 5.92 Å². The largest absolute Gasteiger partial charge is 0.573 e. The van der Waals surface area contributed by atoms with E-state index in [1.807, 2.05) is 0 Å². The number of rotatable bonds is 8. The number of carbonyl (C=O) groups is 2. The molecule has 0 bridgehead atoms. The van der Waals surface area contributed by atoms with Gasteiger partial charge >= 0.3 is 6.36 Å². The lowest BCUT2D eigenvalue weighted by Gasteiger charge is -2.26. The van der Waals surface area contributed by atoms with E-state index >= 15 is 0 Å². The zero-order valence-electron chi connectivity index (χ0n) is 17.4. The number of carbonyl (C=O) groups excluding carboxylic acids is 2. The summed E-state index contributed by atoms with van der Waals surface area (Å²) in [6.45, 7) is 2.03. The first-order chi connectivity index (χ1) is 15.2. The Labute approximate surface area is 187 Å². The average molecular weight is 472 g/mol. The summed E-state index contributed by atoms with van der Waals surface area (Å²) in [5.41, 5.74) is 0.329. The second-order valence-corrected chi connectivity index (χ2v) is 8.58. The molecule has 174 valence electrons. The quantitative estimate of drug-likeness (QED) is 0.607. The van der Waals surface area contributed by atoms with Crippen molar-refractivity contribution in [3.05, 3.63) is 40.3 Å². The predicted octanol–water partition coefficient (Wildman–Crippen LogP) is 4.05. The van der Waals surface area contributed by atoms with Crippen molar-refractivity contribution in [1.29, 1.82) is 0 Å². The standard InChI is InChI=1S/C21H24F3N3O4S/c1-13-2-4-14(5-3-13)26-20(29)17-12-32-19(27-17)10-25-18(28)11-30-15-6-8-16(9-7-15)31-21(22,23)24/h6-9,12-14H,2-5,10-11H2,1H3,(H,25,28)(H,26,29). The lowest BCUT2D eigenvalue weighted by molar-refractivity contribution is -0.274. The first-order valence-electron chi connectivity index (χ1n) is 10.2. The number of aromatic nitrogens is 1.